The van der Waals surface area contributed by atoms with Crippen LogP contribution in [0.5, 0.6) is 0 Å². The van der Waals surface area contributed by atoms with Gasteiger partial charge in [-0.2, -0.15) is 0 Å². The maximum absolute atomic E-state index is 4.72. The van der Waals surface area contributed by atoms with Crippen molar-refractivity contribution in [3.05, 3.63) is 29.5 Å². The Morgan fingerprint density at radius 1 is 1.53 bits per heavy atom. The van der Waals surface area contributed by atoms with Crippen LogP contribution in [0.2, 0.25) is 0 Å². The third kappa shape index (κ3) is 1.61. The van der Waals surface area contributed by atoms with E-state index in [1.54, 1.807) is 11.3 Å². The molecule has 3 rings (SSSR count). The van der Waals surface area contributed by atoms with Crippen LogP contribution >= 0.6 is 11.3 Å². The summed E-state index contributed by atoms with van der Waals surface area (Å²) in [6.45, 7) is 3.44. The van der Waals surface area contributed by atoms with Gasteiger partial charge in [0.2, 0.25) is 0 Å². The summed E-state index contributed by atoms with van der Waals surface area (Å²) in [7, 11) is 0. The second kappa shape index (κ2) is 3.49. The number of nitrogens with zero attached hydrogens (tertiary/aromatic N) is 2. The van der Waals surface area contributed by atoms with Crippen molar-refractivity contribution in [2.24, 2.45) is 5.92 Å². The van der Waals surface area contributed by atoms with Gasteiger partial charge in [0.05, 0.1) is 10.6 Å². The number of hydrogen-bond donors (Lipinski definition) is 0. The average molecular weight is 218 g/mol. The van der Waals surface area contributed by atoms with Gasteiger partial charge in [0.15, 0.2) is 0 Å². The van der Waals surface area contributed by atoms with Crippen molar-refractivity contribution in [2.75, 3.05) is 0 Å². The summed E-state index contributed by atoms with van der Waals surface area (Å²) in [4.78, 5) is 6.00. The van der Waals surface area contributed by atoms with Crippen molar-refractivity contribution in [3.63, 3.8) is 0 Å². The molecule has 2 aromatic rings. The number of imidazole rings is 1. The fraction of sp³-hybridized carbons (Fsp3) is 0.417. The maximum atomic E-state index is 4.72. The number of thiophene rings is 1. The fourth-order valence-corrected chi connectivity index (χ4v) is 2.81. The predicted molar refractivity (Wildman–Crippen MR) is 63.0 cm³/mol. The minimum atomic E-state index is 0.788. The van der Waals surface area contributed by atoms with Crippen LogP contribution in [-0.4, -0.2) is 9.55 Å². The monoisotopic (exact) mass is 218 g/mol. The Balaban J connectivity index is 2.00. The molecule has 0 aliphatic carbocycles. The highest BCUT2D eigenvalue weighted by Gasteiger charge is 2.17. The average Bonchev–Trinajstić information content (AvgIpc) is 2.84. The summed E-state index contributed by atoms with van der Waals surface area (Å²) in [6.07, 6.45) is 4.62. The topological polar surface area (TPSA) is 17.8 Å². The normalized spacial score (nSPS) is 20.2. The summed E-state index contributed by atoms with van der Waals surface area (Å²) >= 11 is 1.76. The van der Waals surface area contributed by atoms with Gasteiger partial charge in [-0.3, -0.25) is 0 Å². The molecular weight excluding hydrogens is 204 g/mol. The van der Waals surface area contributed by atoms with Crippen LogP contribution in [0.1, 0.15) is 19.2 Å². The smallest absolute Gasteiger partial charge is 0.109 e. The molecule has 78 valence electrons. The molecule has 0 amide bonds. The van der Waals surface area contributed by atoms with Crippen LogP contribution in [0.4, 0.5) is 0 Å². The molecule has 2 aromatic heterocycles. The lowest BCUT2D eigenvalue weighted by Gasteiger charge is -2.18. The van der Waals surface area contributed by atoms with Crippen molar-refractivity contribution >= 4 is 11.3 Å². The van der Waals surface area contributed by atoms with E-state index in [0.717, 1.165) is 24.6 Å². The molecule has 0 fully saturated rings. The first-order chi connectivity index (χ1) is 7.33. The van der Waals surface area contributed by atoms with Gasteiger partial charge in [-0.1, -0.05) is 13.0 Å². The van der Waals surface area contributed by atoms with Gasteiger partial charge >= 0.3 is 0 Å². The van der Waals surface area contributed by atoms with E-state index in [1.165, 1.54) is 17.1 Å². The molecule has 0 saturated carbocycles. The molecule has 0 radical (unpaired) electrons. The van der Waals surface area contributed by atoms with E-state index >= 15 is 0 Å². The molecule has 1 aliphatic heterocycles. The molecule has 0 spiro atoms. The quantitative estimate of drug-likeness (QED) is 0.718. The zero-order valence-corrected chi connectivity index (χ0v) is 9.63. The van der Waals surface area contributed by atoms with Crippen molar-refractivity contribution in [1.29, 1.82) is 0 Å². The van der Waals surface area contributed by atoms with Gasteiger partial charge in [-0.15, -0.1) is 11.3 Å². The third-order valence-electron chi connectivity index (χ3n) is 3.03. The highest BCUT2D eigenvalue weighted by molar-refractivity contribution is 7.13. The number of aryl methyl sites for hydroxylation is 1. The largest absolute Gasteiger partial charge is 0.334 e. The highest BCUT2D eigenvalue weighted by Crippen LogP contribution is 2.27. The summed E-state index contributed by atoms with van der Waals surface area (Å²) in [5.41, 5.74) is 1.15. The Labute approximate surface area is 93.6 Å². The minimum Gasteiger partial charge on any atom is -0.334 e. The van der Waals surface area contributed by atoms with Crippen molar-refractivity contribution < 1.29 is 0 Å². The number of fused-ring (bicyclic) bond motifs is 1. The molecule has 1 atom stereocenters. The zero-order chi connectivity index (χ0) is 10.3. The van der Waals surface area contributed by atoms with E-state index in [2.05, 4.69) is 35.2 Å². The van der Waals surface area contributed by atoms with Crippen molar-refractivity contribution in [1.82, 2.24) is 9.55 Å². The van der Waals surface area contributed by atoms with Crippen LogP contribution in [0.15, 0.2) is 23.7 Å². The first-order valence-electron chi connectivity index (χ1n) is 5.43. The molecule has 0 unspecified atom stereocenters. The Kier molecular flexibility index (Phi) is 2.13. The van der Waals surface area contributed by atoms with Gasteiger partial charge in [0.25, 0.3) is 0 Å². The van der Waals surface area contributed by atoms with E-state index in [0.29, 0.717) is 0 Å². The highest BCUT2D eigenvalue weighted by atomic mass is 32.1. The molecule has 2 nitrogen and oxygen atoms in total. The van der Waals surface area contributed by atoms with Crippen LogP contribution in [0.3, 0.4) is 0 Å². The fourth-order valence-electron chi connectivity index (χ4n) is 2.13. The van der Waals surface area contributed by atoms with Crippen LogP contribution in [0.25, 0.3) is 10.6 Å². The van der Waals surface area contributed by atoms with Gasteiger partial charge < -0.3 is 4.57 Å². The Morgan fingerprint density at radius 2 is 2.47 bits per heavy atom. The maximum Gasteiger partial charge on any atom is 0.109 e. The molecule has 0 bridgehead atoms. The van der Waals surface area contributed by atoms with Gasteiger partial charge in [-0.05, 0) is 23.8 Å². The molecule has 1 aliphatic rings. The third-order valence-corrected chi connectivity index (χ3v) is 3.92. The molecular formula is C12H14N2S. The Hall–Kier alpha value is -1.09. The number of hydrogen-bond acceptors (Lipinski definition) is 2. The molecule has 3 heterocycles. The molecule has 0 saturated heterocycles. The zero-order valence-electron chi connectivity index (χ0n) is 8.81. The second-order valence-electron chi connectivity index (χ2n) is 4.31. The summed E-state index contributed by atoms with van der Waals surface area (Å²) in [5.74, 6) is 2.05. The SMILES string of the molecule is C[C@H]1CCn2cc(-c3cccs3)nc2C1. The van der Waals surface area contributed by atoms with Gasteiger partial charge in [-0.25, -0.2) is 4.98 Å². The summed E-state index contributed by atoms with van der Waals surface area (Å²) in [5, 5.41) is 2.11. The van der Waals surface area contributed by atoms with E-state index < -0.39 is 0 Å². The molecule has 0 aromatic carbocycles. The van der Waals surface area contributed by atoms with Gasteiger partial charge in [0, 0.05) is 19.2 Å². The van der Waals surface area contributed by atoms with Crippen LogP contribution < -0.4 is 0 Å². The van der Waals surface area contributed by atoms with E-state index in [-0.39, 0.29) is 0 Å². The van der Waals surface area contributed by atoms with E-state index in [1.807, 2.05) is 0 Å². The molecule has 3 heteroatoms. The first kappa shape index (κ1) is 9.16. The predicted octanol–water partition coefficient (Wildman–Crippen LogP) is 3.19. The lowest BCUT2D eigenvalue weighted by Crippen LogP contribution is -2.16. The number of aromatic nitrogens is 2. The van der Waals surface area contributed by atoms with E-state index in [9.17, 15) is 0 Å². The standard InChI is InChI=1S/C12H14N2S/c1-9-4-5-14-8-10(13-12(14)7-9)11-3-2-6-15-11/h2-3,6,8-9H,4-5,7H2,1H3/t9-/m0/s1. The minimum absolute atomic E-state index is 0.788. The van der Waals surface area contributed by atoms with Crippen LogP contribution in [-0.2, 0) is 13.0 Å². The lowest BCUT2D eigenvalue weighted by molar-refractivity contribution is 0.409. The van der Waals surface area contributed by atoms with Gasteiger partial charge in [0.1, 0.15) is 5.82 Å². The Bertz CT molecular complexity index is 456. The molecule has 15 heavy (non-hydrogen) atoms. The van der Waals surface area contributed by atoms with Crippen LogP contribution in [0, 0.1) is 5.92 Å². The first-order valence-corrected chi connectivity index (χ1v) is 6.31. The van der Waals surface area contributed by atoms with Crippen molar-refractivity contribution in [2.45, 2.75) is 26.3 Å². The lowest BCUT2D eigenvalue weighted by atomic mass is 10.0. The summed E-state index contributed by atoms with van der Waals surface area (Å²) in [6, 6.07) is 4.23. The Morgan fingerprint density at radius 3 is 3.27 bits per heavy atom. The van der Waals surface area contributed by atoms with Crippen molar-refractivity contribution in [3.8, 4) is 10.6 Å². The summed E-state index contributed by atoms with van der Waals surface area (Å²) < 4.78 is 2.31. The molecule has 0 N–H and O–H groups in total. The second-order valence-corrected chi connectivity index (χ2v) is 5.26. The number of rotatable bonds is 1. The van der Waals surface area contributed by atoms with E-state index in [4.69, 9.17) is 4.98 Å².